The predicted molar refractivity (Wildman–Crippen MR) is 82.0 cm³/mol. The van der Waals surface area contributed by atoms with E-state index in [0.717, 1.165) is 16.9 Å². The van der Waals surface area contributed by atoms with Crippen molar-refractivity contribution in [3.05, 3.63) is 78.4 Å². The van der Waals surface area contributed by atoms with Crippen molar-refractivity contribution in [3.8, 4) is 11.8 Å². The van der Waals surface area contributed by atoms with Gasteiger partial charge in [0.25, 0.3) is 0 Å². The van der Waals surface area contributed by atoms with Gasteiger partial charge in [0.2, 0.25) is 0 Å². The lowest BCUT2D eigenvalue weighted by Gasteiger charge is -2.10. The van der Waals surface area contributed by atoms with E-state index in [-0.39, 0.29) is 0 Å². The van der Waals surface area contributed by atoms with Gasteiger partial charge in [0.05, 0.1) is 18.0 Å². The third-order valence-corrected chi connectivity index (χ3v) is 3.27. The van der Waals surface area contributed by atoms with Crippen LogP contribution in [0.3, 0.4) is 0 Å². The zero-order chi connectivity index (χ0) is 14.5. The molecule has 4 heteroatoms. The molecule has 0 amide bonds. The Morgan fingerprint density at radius 3 is 2.86 bits per heavy atom. The van der Waals surface area contributed by atoms with Gasteiger partial charge in [-0.2, -0.15) is 5.26 Å². The van der Waals surface area contributed by atoms with Crippen LogP contribution in [-0.2, 0) is 6.54 Å². The maximum Gasteiger partial charge on any atom is 0.0995 e. The molecule has 0 fully saturated rings. The number of aromatic nitrogens is 2. The molecule has 102 valence electrons. The molecular formula is C17H14N4. The lowest BCUT2D eigenvalue weighted by molar-refractivity contribution is 1.05. The van der Waals surface area contributed by atoms with Gasteiger partial charge in [-0.3, -0.25) is 0 Å². The Kier molecular flexibility index (Phi) is 3.66. The summed E-state index contributed by atoms with van der Waals surface area (Å²) in [6.45, 7) is 0.622. The third-order valence-electron chi connectivity index (χ3n) is 3.27. The summed E-state index contributed by atoms with van der Waals surface area (Å²) in [5.74, 6) is 0. The number of imidazole rings is 1. The average molecular weight is 274 g/mol. The second-order valence-corrected chi connectivity index (χ2v) is 4.64. The molecule has 4 nitrogen and oxygen atoms in total. The lowest BCUT2D eigenvalue weighted by atomic mass is 10.1. The second kappa shape index (κ2) is 5.93. The van der Waals surface area contributed by atoms with Crippen LogP contribution in [0.5, 0.6) is 0 Å². The molecule has 0 bridgehead atoms. The van der Waals surface area contributed by atoms with Crippen LogP contribution in [0, 0.1) is 11.3 Å². The number of rotatable bonds is 4. The molecule has 0 saturated heterocycles. The van der Waals surface area contributed by atoms with E-state index in [4.69, 9.17) is 5.26 Å². The fraction of sp³-hybridized carbons (Fsp3) is 0.0588. The van der Waals surface area contributed by atoms with Gasteiger partial charge in [-0.1, -0.05) is 24.3 Å². The largest absolute Gasteiger partial charge is 0.381 e. The van der Waals surface area contributed by atoms with Crippen molar-refractivity contribution >= 4 is 5.69 Å². The van der Waals surface area contributed by atoms with Crippen LogP contribution in [0.25, 0.3) is 5.69 Å². The van der Waals surface area contributed by atoms with E-state index >= 15 is 0 Å². The van der Waals surface area contributed by atoms with Crippen molar-refractivity contribution in [2.75, 3.05) is 5.32 Å². The van der Waals surface area contributed by atoms with Gasteiger partial charge in [-0.05, 0) is 29.8 Å². The molecule has 0 unspecified atom stereocenters. The summed E-state index contributed by atoms with van der Waals surface area (Å²) in [6.07, 6.45) is 5.43. The Morgan fingerprint density at radius 2 is 2.05 bits per heavy atom. The Hall–Kier alpha value is -3.06. The Morgan fingerprint density at radius 1 is 1.14 bits per heavy atom. The van der Waals surface area contributed by atoms with Crippen LogP contribution in [0.1, 0.15) is 11.1 Å². The minimum Gasteiger partial charge on any atom is -0.381 e. The number of hydrogen-bond donors (Lipinski definition) is 1. The summed E-state index contributed by atoms with van der Waals surface area (Å²) in [7, 11) is 0. The fourth-order valence-electron chi connectivity index (χ4n) is 2.17. The van der Waals surface area contributed by atoms with E-state index < -0.39 is 0 Å². The van der Waals surface area contributed by atoms with E-state index in [1.165, 1.54) is 0 Å². The summed E-state index contributed by atoms with van der Waals surface area (Å²) in [5, 5.41) is 12.4. The molecule has 0 aliphatic heterocycles. The molecular weight excluding hydrogens is 260 g/mol. The van der Waals surface area contributed by atoms with Gasteiger partial charge in [0, 0.05) is 30.3 Å². The quantitative estimate of drug-likeness (QED) is 0.793. The predicted octanol–water partition coefficient (Wildman–Crippen LogP) is 3.36. The van der Waals surface area contributed by atoms with Gasteiger partial charge in [-0.15, -0.1) is 0 Å². The molecule has 1 aromatic heterocycles. The van der Waals surface area contributed by atoms with Gasteiger partial charge < -0.3 is 9.88 Å². The highest BCUT2D eigenvalue weighted by atomic mass is 15.0. The van der Waals surface area contributed by atoms with E-state index in [1.807, 2.05) is 53.2 Å². The monoisotopic (exact) mass is 274 g/mol. The van der Waals surface area contributed by atoms with Crippen molar-refractivity contribution in [2.24, 2.45) is 0 Å². The standard InChI is InChI=1S/C17H14N4/c18-11-14-4-1-2-5-15(14)12-20-16-6-3-7-17(10-16)21-9-8-19-13-21/h1-10,13,20H,12H2. The maximum absolute atomic E-state index is 9.10. The average Bonchev–Trinajstić information content (AvgIpc) is 3.08. The molecule has 0 aliphatic carbocycles. The first-order valence-electron chi connectivity index (χ1n) is 6.67. The van der Waals surface area contributed by atoms with Crippen molar-refractivity contribution in [1.82, 2.24) is 9.55 Å². The fourth-order valence-corrected chi connectivity index (χ4v) is 2.17. The van der Waals surface area contributed by atoms with Crippen molar-refractivity contribution in [2.45, 2.75) is 6.54 Å². The Labute approximate surface area is 123 Å². The summed E-state index contributed by atoms with van der Waals surface area (Å²) in [5.41, 5.74) is 3.75. The molecule has 0 spiro atoms. The summed E-state index contributed by atoms with van der Waals surface area (Å²) in [6, 6.07) is 17.9. The van der Waals surface area contributed by atoms with Crippen LogP contribution < -0.4 is 5.32 Å². The number of hydrogen-bond acceptors (Lipinski definition) is 3. The molecule has 21 heavy (non-hydrogen) atoms. The van der Waals surface area contributed by atoms with E-state index in [1.54, 1.807) is 12.5 Å². The van der Waals surface area contributed by atoms with Gasteiger partial charge in [0.1, 0.15) is 0 Å². The van der Waals surface area contributed by atoms with Crippen LogP contribution in [-0.4, -0.2) is 9.55 Å². The zero-order valence-electron chi connectivity index (χ0n) is 11.4. The minimum absolute atomic E-state index is 0.622. The molecule has 2 aromatic carbocycles. The highest BCUT2D eigenvalue weighted by molar-refractivity contribution is 5.52. The molecule has 0 saturated carbocycles. The smallest absolute Gasteiger partial charge is 0.0995 e. The highest BCUT2D eigenvalue weighted by Gasteiger charge is 2.01. The summed E-state index contributed by atoms with van der Waals surface area (Å²) >= 11 is 0. The topological polar surface area (TPSA) is 53.6 Å². The maximum atomic E-state index is 9.10. The first-order valence-corrected chi connectivity index (χ1v) is 6.67. The van der Waals surface area contributed by atoms with Gasteiger partial charge in [-0.25, -0.2) is 4.98 Å². The number of nitrogens with zero attached hydrogens (tertiary/aromatic N) is 3. The first-order chi connectivity index (χ1) is 10.4. The Balaban J connectivity index is 1.77. The Bertz CT molecular complexity index is 769. The normalized spacial score (nSPS) is 10.0. The molecule has 0 radical (unpaired) electrons. The van der Waals surface area contributed by atoms with Crippen molar-refractivity contribution < 1.29 is 0 Å². The van der Waals surface area contributed by atoms with Crippen molar-refractivity contribution in [1.29, 1.82) is 5.26 Å². The number of nitriles is 1. The highest BCUT2D eigenvalue weighted by Crippen LogP contribution is 2.16. The second-order valence-electron chi connectivity index (χ2n) is 4.64. The number of nitrogens with one attached hydrogen (secondary N) is 1. The van der Waals surface area contributed by atoms with Gasteiger partial charge >= 0.3 is 0 Å². The first kappa shape index (κ1) is 12.9. The van der Waals surface area contributed by atoms with Crippen LogP contribution in [0.2, 0.25) is 0 Å². The number of anilines is 1. The summed E-state index contributed by atoms with van der Waals surface area (Å²) in [4.78, 5) is 4.05. The van der Waals surface area contributed by atoms with Gasteiger partial charge in [0.15, 0.2) is 0 Å². The molecule has 0 atom stereocenters. The van der Waals surface area contributed by atoms with E-state index in [9.17, 15) is 0 Å². The summed E-state index contributed by atoms with van der Waals surface area (Å²) < 4.78 is 1.95. The SMILES string of the molecule is N#Cc1ccccc1CNc1cccc(-n2ccnc2)c1. The minimum atomic E-state index is 0.622. The van der Waals surface area contributed by atoms with Crippen LogP contribution >= 0.6 is 0 Å². The molecule has 1 N–H and O–H groups in total. The zero-order valence-corrected chi connectivity index (χ0v) is 11.4. The van der Waals surface area contributed by atoms with Crippen molar-refractivity contribution in [3.63, 3.8) is 0 Å². The van der Waals surface area contributed by atoms with E-state index in [0.29, 0.717) is 12.1 Å². The van der Waals surface area contributed by atoms with Crippen LogP contribution in [0.4, 0.5) is 5.69 Å². The molecule has 3 rings (SSSR count). The molecule has 0 aliphatic rings. The third kappa shape index (κ3) is 2.93. The lowest BCUT2D eigenvalue weighted by Crippen LogP contribution is -2.02. The molecule has 1 heterocycles. The number of benzene rings is 2. The molecule has 3 aromatic rings. The van der Waals surface area contributed by atoms with Crippen LogP contribution in [0.15, 0.2) is 67.3 Å². The van der Waals surface area contributed by atoms with E-state index in [2.05, 4.69) is 22.4 Å².